The molecule has 0 heterocycles. The summed E-state index contributed by atoms with van der Waals surface area (Å²) >= 11 is 0. The average molecular weight is 237 g/mol. The van der Waals surface area contributed by atoms with Crippen LogP contribution in [0.4, 0.5) is 4.39 Å². The van der Waals surface area contributed by atoms with Crippen molar-refractivity contribution in [2.75, 3.05) is 19.6 Å². The number of rotatable bonds is 4. The number of nitrogens with zero attached hydrogens (tertiary/aromatic N) is 1. The first kappa shape index (κ1) is 12.5. The molecule has 0 aromatic heterocycles. The summed E-state index contributed by atoms with van der Waals surface area (Å²) in [7, 11) is 0. The summed E-state index contributed by atoms with van der Waals surface area (Å²) in [5.41, 5.74) is 1.87. The number of hydrogen-bond acceptors (Lipinski definition) is 2. The van der Waals surface area contributed by atoms with Crippen LogP contribution in [0.3, 0.4) is 0 Å². The van der Waals surface area contributed by atoms with Crippen LogP contribution in [-0.4, -0.2) is 29.6 Å². The fraction of sp³-hybridized carbons (Fsp3) is 0.571. The number of benzene rings is 1. The lowest BCUT2D eigenvalue weighted by Crippen LogP contribution is -2.31. The summed E-state index contributed by atoms with van der Waals surface area (Å²) in [5.74, 6) is -0.00820. The Morgan fingerprint density at radius 1 is 1.35 bits per heavy atom. The van der Waals surface area contributed by atoms with E-state index in [1.165, 1.54) is 6.07 Å². The largest absolute Gasteiger partial charge is 0.388 e. The molecule has 2 rings (SSSR count). The highest BCUT2D eigenvalue weighted by molar-refractivity contribution is 5.35. The second kappa shape index (κ2) is 5.15. The molecule has 0 radical (unpaired) electrons. The molecule has 1 aliphatic carbocycles. The Labute approximate surface area is 102 Å². The van der Waals surface area contributed by atoms with Gasteiger partial charge >= 0.3 is 0 Å². The van der Waals surface area contributed by atoms with Crippen molar-refractivity contribution in [3.05, 3.63) is 35.1 Å². The van der Waals surface area contributed by atoms with Crippen molar-refractivity contribution in [3.63, 3.8) is 0 Å². The van der Waals surface area contributed by atoms with Crippen LogP contribution in [0.15, 0.2) is 18.2 Å². The molecule has 17 heavy (non-hydrogen) atoms. The smallest absolute Gasteiger partial charge is 0.123 e. The van der Waals surface area contributed by atoms with E-state index in [1.807, 2.05) is 0 Å². The molecular formula is C14H20FNO. The molecule has 1 aliphatic rings. The predicted octanol–water partition coefficient (Wildman–Crippen LogP) is 2.37. The van der Waals surface area contributed by atoms with Crippen LogP contribution in [0.2, 0.25) is 0 Å². The van der Waals surface area contributed by atoms with Crippen LogP contribution < -0.4 is 0 Å². The lowest BCUT2D eigenvalue weighted by molar-refractivity contribution is 0.0953. The molecule has 2 atom stereocenters. The molecule has 94 valence electrons. The van der Waals surface area contributed by atoms with Gasteiger partial charge in [-0.05, 0) is 42.8 Å². The quantitative estimate of drug-likeness (QED) is 0.869. The summed E-state index contributed by atoms with van der Waals surface area (Å²) in [6, 6.07) is 4.71. The second-order valence-corrected chi connectivity index (χ2v) is 4.74. The molecule has 0 spiro atoms. The zero-order valence-electron chi connectivity index (χ0n) is 10.5. The maximum Gasteiger partial charge on any atom is 0.123 e. The van der Waals surface area contributed by atoms with E-state index in [2.05, 4.69) is 18.7 Å². The normalized spacial score (nSPS) is 23.1. The predicted molar refractivity (Wildman–Crippen MR) is 66.3 cm³/mol. The van der Waals surface area contributed by atoms with Crippen molar-refractivity contribution in [2.24, 2.45) is 5.92 Å². The molecule has 0 fully saturated rings. The third kappa shape index (κ3) is 2.50. The van der Waals surface area contributed by atoms with E-state index in [4.69, 9.17) is 0 Å². The van der Waals surface area contributed by atoms with Crippen molar-refractivity contribution in [1.82, 2.24) is 4.90 Å². The summed E-state index contributed by atoms with van der Waals surface area (Å²) in [4.78, 5) is 2.30. The molecule has 0 saturated carbocycles. The zero-order valence-corrected chi connectivity index (χ0v) is 10.5. The Balaban J connectivity index is 2.11. The molecular weight excluding hydrogens is 217 g/mol. The molecule has 1 aromatic rings. The first-order chi connectivity index (χ1) is 8.15. The summed E-state index contributed by atoms with van der Waals surface area (Å²) < 4.78 is 13.1. The molecule has 3 heteroatoms. The van der Waals surface area contributed by atoms with Gasteiger partial charge in [-0.1, -0.05) is 19.9 Å². The fourth-order valence-electron chi connectivity index (χ4n) is 2.67. The topological polar surface area (TPSA) is 23.5 Å². The van der Waals surface area contributed by atoms with Gasteiger partial charge in [-0.15, -0.1) is 0 Å². The van der Waals surface area contributed by atoms with E-state index < -0.39 is 6.10 Å². The molecule has 1 N–H and O–H groups in total. The van der Waals surface area contributed by atoms with E-state index >= 15 is 0 Å². The monoisotopic (exact) mass is 237 g/mol. The number of aliphatic hydroxyl groups is 1. The van der Waals surface area contributed by atoms with Gasteiger partial charge in [0, 0.05) is 12.5 Å². The third-order valence-corrected chi connectivity index (χ3v) is 3.74. The molecule has 2 nitrogen and oxygen atoms in total. The van der Waals surface area contributed by atoms with Crippen LogP contribution in [0.1, 0.15) is 31.1 Å². The lowest BCUT2D eigenvalue weighted by atomic mass is 10.0. The average Bonchev–Trinajstić information content (AvgIpc) is 2.62. The molecule has 0 bridgehead atoms. The van der Waals surface area contributed by atoms with Crippen molar-refractivity contribution < 1.29 is 9.50 Å². The van der Waals surface area contributed by atoms with Gasteiger partial charge in [0.05, 0.1) is 6.10 Å². The molecule has 0 saturated heterocycles. The number of aliphatic hydroxyl groups excluding tert-OH is 1. The van der Waals surface area contributed by atoms with Gasteiger partial charge in [0.2, 0.25) is 0 Å². The number of fused-ring (bicyclic) bond motifs is 1. The van der Waals surface area contributed by atoms with Gasteiger partial charge in [0.25, 0.3) is 0 Å². The van der Waals surface area contributed by atoms with Crippen molar-refractivity contribution in [3.8, 4) is 0 Å². The van der Waals surface area contributed by atoms with Gasteiger partial charge in [0.15, 0.2) is 0 Å². The van der Waals surface area contributed by atoms with Crippen LogP contribution >= 0.6 is 0 Å². The van der Waals surface area contributed by atoms with E-state index in [-0.39, 0.29) is 11.7 Å². The first-order valence-corrected chi connectivity index (χ1v) is 6.34. The minimum absolute atomic E-state index is 0.201. The molecule has 0 aliphatic heterocycles. The highest BCUT2D eigenvalue weighted by Crippen LogP contribution is 2.36. The summed E-state index contributed by atoms with van der Waals surface area (Å²) in [5, 5.41) is 10.2. The van der Waals surface area contributed by atoms with Gasteiger partial charge in [-0.2, -0.15) is 0 Å². The Morgan fingerprint density at radius 2 is 2.06 bits per heavy atom. The summed E-state index contributed by atoms with van der Waals surface area (Å²) in [6.07, 6.45) is 0.344. The second-order valence-electron chi connectivity index (χ2n) is 4.74. The summed E-state index contributed by atoms with van der Waals surface area (Å²) in [6.45, 7) is 7.11. The van der Waals surface area contributed by atoms with Gasteiger partial charge < -0.3 is 10.0 Å². The van der Waals surface area contributed by atoms with Crippen molar-refractivity contribution >= 4 is 0 Å². The Bertz CT molecular complexity index is 390. The highest BCUT2D eigenvalue weighted by atomic mass is 19.1. The van der Waals surface area contributed by atoms with Gasteiger partial charge in [0.1, 0.15) is 5.82 Å². The van der Waals surface area contributed by atoms with E-state index in [0.29, 0.717) is 0 Å². The van der Waals surface area contributed by atoms with Gasteiger partial charge in [-0.3, -0.25) is 0 Å². The fourth-order valence-corrected chi connectivity index (χ4v) is 2.67. The zero-order chi connectivity index (χ0) is 12.4. The standard InChI is InChI=1S/C14H20FNO/c1-3-16(4-2)9-11-7-10-8-12(15)5-6-13(10)14(11)17/h5-6,8,11,14,17H,3-4,7,9H2,1-2H3. The molecule has 1 aromatic carbocycles. The minimum Gasteiger partial charge on any atom is -0.388 e. The van der Waals surface area contributed by atoms with Crippen LogP contribution in [0.5, 0.6) is 0 Å². The minimum atomic E-state index is -0.439. The van der Waals surface area contributed by atoms with E-state index in [1.54, 1.807) is 12.1 Å². The maximum absolute atomic E-state index is 13.1. The van der Waals surface area contributed by atoms with E-state index in [9.17, 15) is 9.50 Å². The van der Waals surface area contributed by atoms with Crippen LogP contribution in [0, 0.1) is 11.7 Å². The van der Waals surface area contributed by atoms with Crippen molar-refractivity contribution in [2.45, 2.75) is 26.4 Å². The van der Waals surface area contributed by atoms with Crippen molar-refractivity contribution in [1.29, 1.82) is 0 Å². The Morgan fingerprint density at radius 3 is 2.71 bits per heavy atom. The first-order valence-electron chi connectivity index (χ1n) is 6.34. The van der Waals surface area contributed by atoms with Crippen LogP contribution in [0.25, 0.3) is 0 Å². The number of halogens is 1. The van der Waals surface area contributed by atoms with Gasteiger partial charge in [-0.25, -0.2) is 4.39 Å². The Kier molecular flexibility index (Phi) is 3.79. The number of hydrogen-bond donors (Lipinski definition) is 1. The molecule has 0 amide bonds. The Hall–Kier alpha value is -0.930. The highest BCUT2D eigenvalue weighted by Gasteiger charge is 2.31. The molecule has 2 unspecified atom stereocenters. The third-order valence-electron chi connectivity index (χ3n) is 3.74. The van der Waals surface area contributed by atoms with Crippen LogP contribution in [-0.2, 0) is 6.42 Å². The maximum atomic E-state index is 13.1. The lowest BCUT2D eigenvalue weighted by Gasteiger charge is -2.24. The SMILES string of the molecule is CCN(CC)CC1Cc2cc(F)ccc2C1O. The van der Waals surface area contributed by atoms with E-state index in [0.717, 1.165) is 37.2 Å².